The number of allylic oxidation sites excluding steroid dienone is 1. The lowest BCUT2D eigenvalue weighted by molar-refractivity contribution is 0.844. The minimum atomic E-state index is 0.393. The second-order valence-corrected chi connectivity index (χ2v) is 2.87. The molecule has 2 N–H and O–H groups in total. The maximum atomic E-state index is 5.48. The van der Waals surface area contributed by atoms with Gasteiger partial charge in [0.1, 0.15) is 6.33 Å². The van der Waals surface area contributed by atoms with Gasteiger partial charge in [0.25, 0.3) is 0 Å². The lowest BCUT2D eigenvalue weighted by Crippen LogP contribution is -1.99. The summed E-state index contributed by atoms with van der Waals surface area (Å²) in [5.74, 6) is 0.393. The van der Waals surface area contributed by atoms with Crippen LogP contribution in [-0.2, 0) is 0 Å². The molecular formula is C9H13N3. The summed E-state index contributed by atoms with van der Waals surface area (Å²) in [7, 11) is 0. The van der Waals surface area contributed by atoms with E-state index in [1.165, 1.54) is 6.33 Å². The molecule has 0 aliphatic carbocycles. The zero-order valence-electron chi connectivity index (χ0n) is 7.36. The van der Waals surface area contributed by atoms with Gasteiger partial charge in [-0.15, -0.1) is 0 Å². The normalized spacial score (nSPS) is 12.1. The molecule has 0 saturated carbocycles. The zero-order valence-corrected chi connectivity index (χ0v) is 7.36. The van der Waals surface area contributed by atoms with Gasteiger partial charge in [0.05, 0.1) is 5.69 Å². The fraction of sp³-hybridized carbons (Fsp3) is 0.333. The molecule has 0 saturated heterocycles. The Bertz CT molecular complexity index is 264. The van der Waals surface area contributed by atoms with E-state index >= 15 is 0 Å². The SMILES string of the molecule is CC(C)C(=CN)c1ccncn1. The highest BCUT2D eigenvalue weighted by atomic mass is 14.8. The number of hydrogen-bond acceptors (Lipinski definition) is 3. The van der Waals surface area contributed by atoms with Crippen LogP contribution in [0.4, 0.5) is 0 Å². The minimum absolute atomic E-state index is 0.393. The van der Waals surface area contributed by atoms with Crippen molar-refractivity contribution >= 4 is 5.57 Å². The summed E-state index contributed by atoms with van der Waals surface area (Å²) in [5, 5.41) is 0. The molecule has 3 nitrogen and oxygen atoms in total. The molecule has 0 unspecified atom stereocenters. The van der Waals surface area contributed by atoms with Gasteiger partial charge in [0.2, 0.25) is 0 Å². The molecule has 1 heterocycles. The molecule has 0 aromatic carbocycles. The largest absolute Gasteiger partial charge is 0.404 e. The van der Waals surface area contributed by atoms with Crippen LogP contribution < -0.4 is 5.73 Å². The Balaban J connectivity index is 2.97. The van der Waals surface area contributed by atoms with E-state index in [0.717, 1.165) is 11.3 Å². The fourth-order valence-electron chi connectivity index (χ4n) is 1.04. The quantitative estimate of drug-likeness (QED) is 0.717. The van der Waals surface area contributed by atoms with Crippen LogP contribution in [-0.4, -0.2) is 9.97 Å². The topological polar surface area (TPSA) is 51.8 Å². The Morgan fingerprint density at radius 3 is 2.75 bits per heavy atom. The Hall–Kier alpha value is -1.38. The van der Waals surface area contributed by atoms with Gasteiger partial charge >= 0.3 is 0 Å². The molecule has 0 atom stereocenters. The van der Waals surface area contributed by atoms with E-state index < -0.39 is 0 Å². The molecule has 64 valence electrons. The van der Waals surface area contributed by atoms with Crippen molar-refractivity contribution in [2.45, 2.75) is 13.8 Å². The second kappa shape index (κ2) is 3.85. The van der Waals surface area contributed by atoms with Gasteiger partial charge in [-0.1, -0.05) is 13.8 Å². The van der Waals surface area contributed by atoms with E-state index in [0.29, 0.717) is 5.92 Å². The summed E-state index contributed by atoms with van der Waals surface area (Å²) < 4.78 is 0. The Morgan fingerprint density at radius 2 is 2.33 bits per heavy atom. The maximum absolute atomic E-state index is 5.48. The first-order valence-electron chi connectivity index (χ1n) is 3.94. The third-order valence-electron chi connectivity index (χ3n) is 1.68. The van der Waals surface area contributed by atoms with Crippen molar-refractivity contribution in [3.05, 3.63) is 30.5 Å². The molecule has 1 aromatic rings. The lowest BCUT2D eigenvalue weighted by atomic mass is 10.0. The first-order chi connectivity index (χ1) is 5.75. The van der Waals surface area contributed by atoms with Gasteiger partial charge in [-0.05, 0) is 23.8 Å². The monoisotopic (exact) mass is 163 g/mol. The molecule has 0 aliphatic rings. The van der Waals surface area contributed by atoms with Crippen molar-refractivity contribution in [1.29, 1.82) is 0 Å². The number of nitrogens with two attached hydrogens (primary N) is 1. The minimum Gasteiger partial charge on any atom is -0.404 e. The first kappa shape index (κ1) is 8.71. The van der Waals surface area contributed by atoms with Crippen molar-refractivity contribution in [2.75, 3.05) is 0 Å². The average molecular weight is 163 g/mol. The summed E-state index contributed by atoms with van der Waals surface area (Å²) in [4.78, 5) is 7.95. The summed E-state index contributed by atoms with van der Waals surface area (Å²) in [6, 6.07) is 1.86. The second-order valence-electron chi connectivity index (χ2n) is 2.87. The van der Waals surface area contributed by atoms with Gasteiger partial charge in [-0.25, -0.2) is 9.97 Å². The summed E-state index contributed by atoms with van der Waals surface area (Å²) in [6.07, 6.45) is 4.85. The predicted molar refractivity (Wildman–Crippen MR) is 49.0 cm³/mol. The van der Waals surface area contributed by atoms with Gasteiger partial charge < -0.3 is 5.73 Å². The molecule has 3 heteroatoms. The van der Waals surface area contributed by atoms with Crippen LogP contribution in [0.3, 0.4) is 0 Å². The number of hydrogen-bond donors (Lipinski definition) is 1. The lowest BCUT2D eigenvalue weighted by Gasteiger charge is -2.08. The fourth-order valence-corrected chi connectivity index (χ4v) is 1.04. The van der Waals surface area contributed by atoms with Crippen molar-refractivity contribution in [1.82, 2.24) is 9.97 Å². The summed E-state index contributed by atoms with van der Waals surface area (Å²) in [5.41, 5.74) is 7.44. The van der Waals surface area contributed by atoms with Gasteiger partial charge in [-0.3, -0.25) is 0 Å². The van der Waals surface area contributed by atoms with Gasteiger partial charge in [-0.2, -0.15) is 0 Å². The van der Waals surface area contributed by atoms with Crippen molar-refractivity contribution < 1.29 is 0 Å². The predicted octanol–water partition coefficient (Wildman–Crippen LogP) is 1.43. The molecule has 0 spiro atoms. The van der Waals surface area contributed by atoms with E-state index in [1.807, 2.05) is 6.07 Å². The summed E-state index contributed by atoms with van der Waals surface area (Å²) >= 11 is 0. The Kier molecular flexibility index (Phi) is 2.80. The molecule has 0 radical (unpaired) electrons. The number of nitrogens with zero attached hydrogens (tertiary/aromatic N) is 2. The standard InChI is InChI=1S/C9H13N3/c1-7(2)8(5-10)9-3-4-11-6-12-9/h3-7H,10H2,1-2H3. The van der Waals surface area contributed by atoms with Crippen LogP contribution in [0.25, 0.3) is 5.57 Å². The maximum Gasteiger partial charge on any atom is 0.116 e. The molecule has 1 rings (SSSR count). The highest BCUT2D eigenvalue weighted by molar-refractivity contribution is 5.62. The van der Waals surface area contributed by atoms with E-state index in [1.54, 1.807) is 12.4 Å². The van der Waals surface area contributed by atoms with Crippen LogP contribution in [0.1, 0.15) is 19.5 Å². The number of aromatic nitrogens is 2. The van der Waals surface area contributed by atoms with Crippen LogP contribution in [0.5, 0.6) is 0 Å². The molecule has 12 heavy (non-hydrogen) atoms. The third kappa shape index (κ3) is 1.81. The smallest absolute Gasteiger partial charge is 0.116 e. The molecule has 0 fully saturated rings. The molecule has 0 bridgehead atoms. The highest BCUT2D eigenvalue weighted by Crippen LogP contribution is 2.18. The van der Waals surface area contributed by atoms with Gasteiger partial charge in [0, 0.05) is 6.20 Å². The first-order valence-corrected chi connectivity index (χ1v) is 3.94. The van der Waals surface area contributed by atoms with Gasteiger partial charge in [0.15, 0.2) is 0 Å². The van der Waals surface area contributed by atoms with Crippen LogP contribution in [0, 0.1) is 5.92 Å². The van der Waals surface area contributed by atoms with E-state index in [4.69, 9.17) is 5.73 Å². The van der Waals surface area contributed by atoms with Crippen molar-refractivity contribution in [3.63, 3.8) is 0 Å². The van der Waals surface area contributed by atoms with E-state index in [2.05, 4.69) is 23.8 Å². The summed E-state index contributed by atoms with van der Waals surface area (Å²) in [6.45, 7) is 4.17. The third-order valence-corrected chi connectivity index (χ3v) is 1.68. The van der Waals surface area contributed by atoms with E-state index in [9.17, 15) is 0 Å². The zero-order chi connectivity index (χ0) is 8.97. The molecule has 0 aliphatic heterocycles. The highest BCUT2D eigenvalue weighted by Gasteiger charge is 2.05. The Labute approximate surface area is 72.3 Å². The van der Waals surface area contributed by atoms with Crippen LogP contribution in [0.15, 0.2) is 24.8 Å². The van der Waals surface area contributed by atoms with E-state index in [-0.39, 0.29) is 0 Å². The molecular weight excluding hydrogens is 150 g/mol. The van der Waals surface area contributed by atoms with Crippen molar-refractivity contribution in [2.24, 2.45) is 11.7 Å². The van der Waals surface area contributed by atoms with Crippen LogP contribution in [0.2, 0.25) is 0 Å². The number of rotatable bonds is 2. The Morgan fingerprint density at radius 1 is 1.58 bits per heavy atom. The molecule has 0 amide bonds. The van der Waals surface area contributed by atoms with Crippen LogP contribution >= 0.6 is 0 Å². The molecule has 1 aromatic heterocycles. The average Bonchev–Trinajstić information content (AvgIpc) is 2.07. The van der Waals surface area contributed by atoms with Crippen molar-refractivity contribution in [3.8, 4) is 0 Å².